The van der Waals surface area contributed by atoms with Gasteiger partial charge in [0.15, 0.2) is 0 Å². The third kappa shape index (κ3) is 3.39. The Morgan fingerprint density at radius 3 is 2.57 bits per heavy atom. The number of nitro groups is 1. The molecular weight excluding hydrogens is 268 g/mol. The van der Waals surface area contributed by atoms with Crippen molar-refractivity contribution in [1.29, 1.82) is 0 Å². The predicted octanol–water partition coefficient (Wildman–Crippen LogP) is 3.20. The van der Waals surface area contributed by atoms with E-state index in [-0.39, 0.29) is 10.6 Å². The van der Waals surface area contributed by atoms with Crippen molar-refractivity contribution in [2.24, 2.45) is 7.05 Å². The van der Waals surface area contributed by atoms with Crippen molar-refractivity contribution in [3.8, 4) is 0 Å². The first-order chi connectivity index (χ1) is 10.0. The number of nitrogens with zero attached hydrogens (tertiary/aromatic N) is 3. The molecule has 1 aromatic heterocycles. The average Bonchev–Trinajstić information content (AvgIpc) is 2.75. The second kappa shape index (κ2) is 6.39. The van der Waals surface area contributed by atoms with E-state index in [4.69, 9.17) is 0 Å². The molecule has 0 aliphatic carbocycles. The Morgan fingerprint density at radius 1 is 1.33 bits per heavy atom. The van der Waals surface area contributed by atoms with Crippen LogP contribution in [0.3, 0.4) is 0 Å². The van der Waals surface area contributed by atoms with Crippen LogP contribution >= 0.6 is 0 Å². The van der Waals surface area contributed by atoms with Gasteiger partial charge in [0.25, 0.3) is 0 Å². The van der Waals surface area contributed by atoms with Crippen molar-refractivity contribution in [3.63, 3.8) is 0 Å². The van der Waals surface area contributed by atoms with Crippen molar-refractivity contribution in [3.05, 3.63) is 51.2 Å². The zero-order valence-corrected chi connectivity index (χ0v) is 12.6. The van der Waals surface area contributed by atoms with E-state index in [1.165, 1.54) is 5.56 Å². The van der Waals surface area contributed by atoms with Gasteiger partial charge in [0.2, 0.25) is 5.82 Å². The molecule has 0 spiro atoms. The Morgan fingerprint density at radius 2 is 2.00 bits per heavy atom. The van der Waals surface area contributed by atoms with Gasteiger partial charge < -0.3 is 5.32 Å². The topological polar surface area (TPSA) is 73.0 Å². The Balaban J connectivity index is 2.22. The number of hydrogen-bond acceptors (Lipinski definition) is 4. The lowest BCUT2D eigenvalue weighted by molar-refractivity contribution is -0.384. The van der Waals surface area contributed by atoms with Crippen LogP contribution in [0.2, 0.25) is 0 Å². The minimum absolute atomic E-state index is 0.0893. The molecule has 112 valence electrons. The SMILES string of the molecule is CCCc1nn(C)c(NCc2ccc(C)cc2)c1[N+](=O)[O-]. The predicted molar refractivity (Wildman–Crippen MR) is 82.4 cm³/mol. The van der Waals surface area contributed by atoms with Crippen LogP contribution in [0.4, 0.5) is 11.5 Å². The second-order valence-electron chi connectivity index (χ2n) is 5.11. The Kier molecular flexibility index (Phi) is 4.57. The highest BCUT2D eigenvalue weighted by Gasteiger charge is 2.25. The molecule has 6 heteroatoms. The molecule has 0 saturated carbocycles. The molecule has 0 saturated heterocycles. The number of hydrogen-bond donors (Lipinski definition) is 1. The summed E-state index contributed by atoms with van der Waals surface area (Å²) in [5.74, 6) is 0.462. The summed E-state index contributed by atoms with van der Waals surface area (Å²) in [7, 11) is 1.73. The van der Waals surface area contributed by atoms with Crippen LogP contribution in [0.5, 0.6) is 0 Å². The maximum atomic E-state index is 11.3. The molecule has 1 heterocycles. The number of benzene rings is 1. The summed E-state index contributed by atoms with van der Waals surface area (Å²) >= 11 is 0. The first kappa shape index (κ1) is 15.0. The maximum absolute atomic E-state index is 11.3. The summed E-state index contributed by atoms with van der Waals surface area (Å²) in [4.78, 5) is 10.9. The van der Waals surface area contributed by atoms with Gasteiger partial charge >= 0.3 is 5.69 Å². The molecule has 0 radical (unpaired) electrons. The van der Waals surface area contributed by atoms with E-state index in [0.717, 1.165) is 12.0 Å². The molecule has 2 rings (SSSR count). The molecule has 1 aromatic carbocycles. The van der Waals surface area contributed by atoms with E-state index in [1.54, 1.807) is 11.7 Å². The fraction of sp³-hybridized carbons (Fsp3) is 0.400. The van der Waals surface area contributed by atoms with Crippen molar-refractivity contribution in [2.45, 2.75) is 33.2 Å². The summed E-state index contributed by atoms with van der Waals surface area (Å²) in [6, 6.07) is 8.07. The van der Waals surface area contributed by atoms with Crippen molar-refractivity contribution < 1.29 is 4.92 Å². The quantitative estimate of drug-likeness (QED) is 0.654. The van der Waals surface area contributed by atoms with Crippen molar-refractivity contribution in [2.75, 3.05) is 5.32 Å². The minimum Gasteiger partial charge on any atom is -0.360 e. The van der Waals surface area contributed by atoms with Crippen LogP contribution in [-0.2, 0) is 20.0 Å². The fourth-order valence-electron chi connectivity index (χ4n) is 2.26. The first-order valence-electron chi connectivity index (χ1n) is 7.02. The monoisotopic (exact) mass is 288 g/mol. The Hall–Kier alpha value is -2.37. The lowest BCUT2D eigenvalue weighted by Crippen LogP contribution is -2.06. The molecule has 2 aromatic rings. The van der Waals surface area contributed by atoms with Gasteiger partial charge in [0, 0.05) is 13.6 Å². The molecule has 0 aliphatic rings. The summed E-state index contributed by atoms with van der Waals surface area (Å²) in [6.45, 7) is 4.55. The lowest BCUT2D eigenvalue weighted by Gasteiger charge is -2.06. The van der Waals surface area contributed by atoms with Crippen LogP contribution in [-0.4, -0.2) is 14.7 Å². The number of aromatic nitrogens is 2. The summed E-state index contributed by atoms with van der Waals surface area (Å²) < 4.78 is 1.55. The van der Waals surface area contributed by atoms with E-state index < -0.39 is 0 Å². The number of nitrogens with one attached hydrogen (secondary N) is 1. The molecule has 0 amide bonds. The van der Waals surface area contributed by atoms with Crippen molar-refractivity contribution >= 4 is 11.5 Å². The summed E-state index contributed by atoms with van der Waals surface area (Å²) in [6.07, 6.45) is 1.44. The highest BCUT2D eigenvalue weighted by atomic mass is 16.6. The zero-order valence-electron chi connectivity index (χ0n) is 12.6. The Labute approximate surface area is 123 Å². The molecule has 0 aliphatic heterocycles. The minimum atomic E-state index is -0.352. The van der Waals surface area contributed by atoms with Gasteiger partial charge in [0.05, 0.1) is 4.92 Å². The third-order valence-corrected chi connectivity index (χ3v) is 3.34. The second-order valence-corrected chi connectivity index (χ2v) is 5.11. The smallest absolute Gasteiger partial charge is 0.334 e. The molecule has 0 fully saturated rings. The van der Waals surface area contributed by atoms with Crippen LogP contribution in [0.1, 0.15) is 30.2 Å². The molecule has 0 bridgehead atoms. The molecule has 21 heavy (non-hydrogen) atoms. The fourth-order valence-corrected chi connectivity index (χ4v) is 2.26. The first-order valence-corrected chi connectivity index (χ1v) is 7.02. The highest BCUT2D eigenvalue weighted by molar-refractivity contribution is 5.60. The average molecular weight is 288 g/mol. The van der Waals surface area contributed by atoms with Gasteiger partial charge in [-0.1, -0.05) is 43.2 Å². The molecular formula is C15H20N4O2. The third-order valence-electron chi connectivity index (χ3n) is 3.34. The van der Waals surface area contributed by atoms with Crippen LogP contribution in [0.25, 0.3) is 0 Å². The van der Waals surface area contributed by atoms with E-state index in [2.05, 4.69) is 10.4 Å². The summed E-state index contributed by atoms with van der Waals surface area (Å²) in [5.41, 5.74) is 2.89. The van der Waals surface area contributed by atoms with Gasteiger partial charge in [-0.05, 0) is 18.9 Å². The highest BCUT2D eigenvalue weighted by Crippen LogP contribution is 2.29. The maximum Gasteiger partial charge on any atom is 0.334 e. The van der Waals surface area contributed by atoms with Gasteiger partial charge in [-0.15, -0.1) is 0 Å². The lowest BCUT2D eigenvalue weighted by atomic mass is 10.1. The molecule has 0 atom stereocenters. The van der Waals surface area contributed by atoms with E-state index >= 15 is 0 Å². The van der Waals surface area contributed by atoms with Gasteiger partial charge in [0.1, 0.15) is 5.69 Å². The number of aryl methyl sites for hydroxylation is 3. The largest absolute Gasteiger partial charge is 0.360 e. The zero-order chi connectivity index (χ0) is 15.4. The summed E-state index contributed by atoms with van der Waals surface area (Å²) in [5, 5.41) is 18.7. The number of anilines is 1. The normalized spacial score (nSPS) is 10.6. The molecule has 1 N–H and O–H groups in total. The van der Waals surface area contributed by atoms with Gasteiger partial charge in [-0.3, -0.25) is 10.1 Å². The van der Waals surface area contributed by atoms with Gasteiger partial charge in [-0.2, -0.15) is 5.10 Å². The molecule has 6 nitrogen and oxygen atoms in total. The van der Waals surface area contributed by atoms with Crippen molar-refractivity contribution in [1.82, 2.24) is 9.78 Å². The molecule has 0 unspecified atom stereocenters. The van der Waals surface area contributed by atoms with Gasteiger partial charge in [-0.25, -0.2) is 4.68 Å². The number of rotatable bonds is 6. The van der Waals surface area contributed by atoms with E-state index in [0.29, 0.717) is 24.5 Å². The Bertz CT molecular complexity index is 632. The van der Waals surface area contributed by atoms with E-state index in [1.807, 2.05) is 38.1 Å². The van der Waals surface area contributed by atoms with Crippen LogP contribution in [0, 0.1) is 17.0 Å². The van der Waals surface area contributed by atoms with Crippen LogP contribution < -0.4 is 5.32 Å². The van der Waals surface area contributed by atoms with Crippen LogP contribution in [0.15, 0.2) is 24.3 Å². The standard InChI is InChI=1S/C15H20N4O2/c1-4-5-13-14(19(20)21)15(18(3)17-13)16-10-12-8-6-11(2)7-9-12/h6-9,16H,4-5,10H2,1-3H3. The van der Waals surface area contributed by atoms with E-state index in [9.17, 15) is 10.1 Å².